The molecule has 36 heavy (non-hydrogen) atoms. The van der Waals surface area contributed by atoms with Crippen LogP contribution in [0.1, 0.15) is 46.0 Å². The Kier molecular flexibility index (Phi) is 14.1. The third-order valence-electron chi connectivity index (χ3n) is 5.12. The van der Waals surface area contributed by atoms with E-state index in [0.717, 1.165) is 0 Å². The van der Waals surface area contributed by atoms with Crippen LogP contribution in [0.4, 0.5) is 0 Å². The lowest BCUT2D eigenvalue weighted by molar-refractivity contribution is -0.144. The molecule has 0 aliphatic heterocycles. The predicted molar refractivity (Wildman–Crippen MR) is 127 cm³/mol. The maximum atomic E-state index is 12.9. The molecular formula is C20H36N8O8. The number of aliphatic imine (C=N–C) groups is 1. The van der Waals surface area contributed by atoms with Gasteiger partial charge in [-0.25, -0.2) is 4.79 Å². The molecule has 4 amide bonds. The Morgan fingerprint density at radius 3 is 1.89 bits per heavy atom. The topological polar surface area (TPSA) is 295 Å². The number of rotatable bonds is 17. The first-order valence-corrected chi connectivity index (χ1v) is 11.1. The summed E-state index contributed by atoms with van der Waals surface area (Å²) >= 11 is 0. The van der Waals surface area contributed by atoms with E-state index < -0.39 is 78.5 Å². The van der Waals surface area contributed by atoms with Crippen molar-refractivity contribution in [3.63, 3.8) is 0 Å². The summed E-state index contributed by atoms with van der Waals surface area (Å²) in [6.45, 7) is 3.45. The number of aliphatic carboxylic acids is 2. The number of nitrogens with two attached hydrogens (primary N) is 4. The van der Waals surface area contributed by atoms with Crippen LogP contribution in [0.25, 0.3) is 0 Å². The third-order valence-corrected chi connectivity index (χ3v) is 5.12. The molecule has 13 N–H and O–H groups in total. The summed E-state index contributed by atoms with van der Waals surface area (Å²) in [5.41, 5.74) is 21.0. The first-order valence-electron chi connectivity index (χ1n) is 11.1. The molecule has 0 spiro atoms. The second kappa shape index (κ2) is 15.9. The van der Waals surface area contributed by atoms with Gasteiger partial charge in [0.1, 0.15) is 18.1 Å². The van der Waals surface area contributed by atoms with Crippen LogP contribution in [0.2, 0.25) is 0 Å². The lowest BCUT2D eigenvalue weighted by atomic mass is 9.98. The largest absolute Gasteiger partial charge is 0.481 e. The van der Waals surface area contributed by atoms with Gasteiger partial charge in [0, 0.05) is 6.54 Å². The standard InChI is InChI=1S/C20H36N8O8/c1-3-9(2)15(19(35)36)28-17(33)11(5-4-6-25-20(23)24)26-18(34)12(8-14(30)31)27-16(32)10(21)7-13(22)29/h9-12,15H,3-8,21H2,1-2H3,(H2,22,29)(H,26,34)(H,27,32)(H,28,33)(H,30,31)(H,35,36)(H4,23,24,25). The highest BCUT2D eigenvalue weighted by atomic mass is 16.4. The molecule has 0 heterocycles. The first-order chi connectivity index (χ1) is 16.7. The summed E-state index contributed by atoms with van der Waals surface area (Å²) in [6.07, 6.45) is -0.826. The molecule has 204 valence electrons. The second-order valence-corrected chi connectivity index (χ2v) is 8.16. The fourth-order valence-electron chi connectivity index (χ4n) is 2.95. The van der Waals surface area contributed by atoms with Crippen LogP contribution < -0.4 is 38.9 Å². The summed E-state index contributed by atoms with van der Waals surface area (Å²) in [6, 6.07) is -5.66. The van der Waals surface area contributed by atoms with E-state index in [0.29, 0.717) is 6.42 Å². The van der Waals surface area contributed by atoms with Gasteiger partial charge in [-0.15, -0.1) is 0 Å². The second-order valence-electron chi connectivity index (χ2n) is 8.16. The van der Waals surface area contributed by atoms with Gasteiger partial charge >= 0.3 is 11.9 Å². The van der Waals surface area contributed by atoms with E-state index in [4.69, 9.17) is 28.0 Å². The van der Waals surface area contributed by atoms with Gasteiger partial charge in [-0.05, 0) is 18.8 Å². The van der Waals surface area contributed by atoms with Gasteiger partial charge in [-0.1, -0.05) is 20.3 Å². The van der Waals surface area contributed by atoms with Crippen molar-refractivity contribution >= 4 is 41.5 Å². The Bertz CT molecular complexity index is 846. The minimum Gasteiger partial charge on any atom is -0.481 e. The number of hydrogen-bond acceptors (Lipinski definition) is 8. The van der Waals surface area contributed by atoms with Crippen molar-refractivity contribution in [3.05, 3.63) is 0 Å². The highest BCUT2D eigenvalue weighted by molar-refractivity contribution is 5.96. The molecule has 16 nitrogen and oxygen atoms in total. The molecule has 5 unspecified atom stereocenters. The Morgan fingerprint density at radius 2 is 1.42 bits per heavy atom. The van der Waals surface area contributed by atoms with Gasteiger partial charge in [-0.3, -0.25) is 29.0 Å². The van der Waals surface area contributed by atoms with Crippen molar-refractivity contribution in [3.8, 4) is 0 Å². The minimum absolute atomic E-state index is 0.0455. The van der Waals surface area contributed by atoms with E-state index >= 15 is 0 Å². The lowest BCUT2D eigenvalue weighted by Crippen LogP contribution is -2.58. The molecular weight excluding hydrogens is 480 g/mol. The Morgan fingerprint density at radius 1 is 0.861 bits per heavy atom. The molecule has 0 radical (unpaired) electrons. The van der Waals surface area contributed by atoms with Crippen molar-refractivity contribution in [2.75, 3.05) is 6.54 Å². The third kappa shape index (κ3) is 12.5. The molecule has 0 aliphatic carbocycles. The maximum absolute atomic E-state index is 12.9. The van der Waals surface area contributed by atoms with Gasteiger partial charge in [0.25, 0.3) is 0 Å². The van der Waals surface area contributed by atoms with E-state index in [1.807, 2.05) is 0 Å². The number of nitrogens with zero attached hydrogens (tertiary/aromatic N) is 1. The molecule has 0 rings (SSSR count). The zero-order valence-electron chi connectivity index (χ0n) is 20.2. The summed E-state index contributed by atoms with van der Waals surface area (Å²) < 4.78 is 0. The molecule has 16 heteroatoms. The van der Waals surface area contributed by atoms with Crippen molar-refractivity contribution in [1.82, 2.24) is 16.0 Å². The van der Waals surface area contributed by atoms with Gasteiger partial charge in [-0.2, -0.15) is 0 Å². The van der Waals surface area contributed by atoms with Crippen LogP contribution in [0.15, 0.2) is 4.99 Å². The summed E-state index contributed by atoms with van der Waals surface area (Å²) in [7, 11) is 0. The average molecular weight is 517 g/mol. The van der Waals surface area contributed by atoms with Crippen molar-refractivity contribution in [2.24, 2.45) is 33.8 Å². The number of primary amides is 1. The number of carbonyl (C=O) groups is 6. The van der Waals surface area contributed by atoms with Crippen LogP contribution >= 0.6 is 0 Å². The highest BCUT2D eigenvalue weighted by Gasteiger charge is 2.32. The van der Waals surface area contributed by atoms with Crippen LogP contribution in [-0.2, 0) is 28.8 Å². The summed E-state index contributed by atoms with van der Waals surface area (Å²) in [4.78, 5) is 75.5. The number of guanidine groups is 1. The molecule has 0 saturated heterocycles. The number of hydrogen-bond donors (Lipinski definition) is 9. The minimum atomic E-state index is -1.66. The summed E-state index contributed by atoms with van der Waals surface area (Å²) in [5, 5.41) is 25.4. The number of carbonyl (C=O) groups excluding carboxylic acids is 4. The highest BCUT2D eigenvalue weighted by Crippen LogP contribution is 2.10. The van der Waals surface area contributed by atoms with Crippen molar-refractivity contribution in [1.29, 1.82) is 0 Å². The van der Waals surface area contributed by atoms with Crippen LogP contribution in [0.3, 0.4) is 0 Å². The van der Waals surface area contributed by atoms with Crippen molar-refractivity contribution < 1.29 is 39.0 Å². The Labute approximate surface area is 207 Å². The SMILES string of the molecule is CCC(C)C(NC(=O)C(CCCN=C(N)N)NC(=O)C(CC(=O)O)NC(=O)C(N)CC(N)=O)C(=O)O. The lowest BCUT2D eigenvalue weighted by Gasteiger charge is -2.26. The van der Waals surface area contributed by atoms with Gasteiger partial charge in [0.2, 0.25) is 23.6 Å². The molecule has 0 saturated carbocycles. The number of nitrogens with one attached hydrogen (secondary N) is 3. The van der Waals surface area contributed by atoms with Crippen molar-refractivity contribution in [2.45, 2.75) is 70.1 Å². The zero-order chi connectivity index (χ0) is 28.0. The molecule has 0 aliphatic rings. The van der Waals surface area contributed by atoms with Gasteiger partial charge in [0.15, 0.2) is 5.96 Å². The molecule has 5 atom stereocenters. The zero-order valence-corrected chi connectivity index (χ0v) is 20.2. The first kappa shape index (κ1) is 32.0. The van der Waals surface area contributed by atoms with Crippen LogP contribution in [-0.4, -0.2) is 82.5 Å². The number of carboxylic acids is 2. The fraction of sp³-hybridized carbons (Fsp3) is 0.650. The van der Waals surface area contributed by atoms with E-state index in [1.54, 1.807) is 13.8 Å². The molecule has 0 fully saturated rings. The molecule has 0 aromatic rings. The molecule has 0 aromatic carbocycles. The van der Waals surface area contributed by atoms with E-state index in [1.165, 1.54) is 0 Å². The number of amides is 4. The molecule has 0 aromatic heterocycles. The van der Waals surface area contributed by atoms with Crippen LogP contribution in [0.5, 0.6) is 0 Å². The number of carboxylic acid groups (broad SMARTS) is 2. The van der Waals surface area contributed by atoms with E-state index in [2.05, 4.69) is 20.9 Å². The van der Waals surface area contributed by atoms with Crippen LogP contribution in [0, 0.1) is 5.92 Å². The van der Waals surface area contributed by atoms with Gasteiger partial charge in [0.05, 0.1) is 18.9 Å². The monoisotopic (exact) mass is 516 g/mol. The normalized spacial score (nSPS) is 14.8. The fourth-order valence-corrected chi connectivity index (χ4v) is 2.95. The predicted octanol–water partition coefficient (Wildman–Crippen LogP) is -3.70. The quantitative estimate of drug-likeness (QED) is 0.0514. The van der Waals surface area contributed by atoms with Gasteiger partial charge < -0.3 is 49.1 Å². The Balaban J connectivity index is 5.71. The van der Waals surface area contributed by atoms with E-state index in [-0.39, 0.29) is 25.3 Å². The smallest absolute Gasteiger partial charge is 0.326 e. The van der Waals surface area contributed by atoms with E-state index in [9.17, 15) is 33.9 Å². The average Bonchev–Trinajstić information content (AvgIpc) is 2.76. The molecule has 0 bridgehead atoms. The summed E-state index contributed by atoms with van der Waals surface area (Å²) in [5.74, 6) is -7.14. The Hall–Kier alpha value is -3.95. The maximum Gasteiger partial charge on any atom is 0.326 e.